The highest BCUT2D eigenvalue weighted by atomic mass is 16.5. The third kappa shape index (κ3) is 7.46. The SMILES string of the molecule is CO/C(=C(\C)C(C)C)C(C)(C)CCC(C)(C)/C=C(/N(C)C)C(C)(C)C. The van der Waals surface area contributed by atoms with E-state index in [1.54, 1.807) is 0 Å². The van der Waals surface area contributed by atoms with Crippen molar-refractivity contribution >= 4 is 0 Å². The van der Waals surface area contributed by atoms with Crippen molar-refractivity contribution in [2.45, 2.75) is 82.1 Å². The largest absolute Gasteiger partial charge is 0.501 e. The lowest BCUT2D eigenvalue weighted by atomic mass is 9.75. The molecule has 2 heteroatoms. The Morgan fingerprint density at radius 3 is 1.76 bits per heavy atom. The maximum Gasteiger partial charge on any atom is 0.100 e. The van der Waals surface area contributed by atoms with Crippen molar-refractivity contribution in [2.24, 2.45) is 22.2 Å². The Kier molecular flexibility index (Phi) is 8.33. The van der Waals surface area contributed by atoms with Crippen LogP contribution in [0.25, 0.3) is 0 Å². The molecule has 0 aliphatic carbocycles. The van der Waals surface area contributed by atoms with E-state index in [4.69, 9.17) is 4.74 Å². The summed E-state index contributed by atoms with van der Waals surface area (Å²) < 4.78 is 5.83. The number of rotatable bonds is 8. The first-order valence-corrected chi connectivity index (χ1v) is 9.71. The first-order valence-electron chi connectivity index (χ1n) is 9.71. The van der Waals surface area contributed by atoms with Gasteiger partial charge in [0.1, 0.15) is 5.76 Å². The van der Waals surface area contributed by atoms with Gasteiger partial charge in [-0.1, -0.05) is 68.4 Å². The van der Waals surface area contributed by atoms with Gasteiger partial charge in [-0.05, 0) is 36.7 Å². The zero-order valence-corrected chi connectivity index (χ0v) is 19.4. The number of allylic oxidation sites excluding steroid dienone is 4. The van der Waals surface area contributed by atoms with Crippen molar-refractivity contribution in [1.29, 1.82) is 0 Å². The lowest BCUT2D eigenvalue weighted by molar-refractivity contribution is 0.165. The molecule has 2 nitrogen and oxygen atoms in total. The maximum absolute atomic E-state index is 5.83. The number of hydrogen-bond donors (Lipinski definition) is 0. The molecule has 0 saturated carbocycles. The van der Waals surface area contributed by atoms with E-state index in [9.17, 15) is 0 Å². The average molecular weight is 352 g/mol. The fourth-order valence-corrected chi connectivity index (χ4v) is 3.44. The molecule has 0 unspecified atom stereocenters. The summed E-state index contributed by atoms with van der Waals surface area (Å²) in [6, 6.07) is 0. The highest BCUT2D eigenvalue weighted by Crippen LogP contribution is 2.41. The zero-order chi connectivity index (χ0) is 20.2. The summed E-state index contributed by atoms with van der Waals surface area (Å²) in [7, 11) is 6.11. The van der Waals surface area contributed by atoms with Gasteiger partial charge in [0.25, 0.3) is 0 Å². The summed E-state index contributed by atoms with van der Waals surface area (Å²) in [6.45, 7) is 22.9. The first kappa shape index (κ1) is 24.1. The van der Waals surface area contributed by atoms with Crippen LogP contribution < -0.4 is 0 Å². The minimum absolute atomic E-state index is 0.0498. The first-order chi connectivity index (χ1) is 11.0. The van der Waals surface area contributed by atoms with Gasteiger partial charge in [0, 0.05) is 30.6 Å². The predicted molar refractivity (Wildman–Crippen MR) is 113 cm³/mol. The summed E-state index contributed by atoms with van der Waals surface area (Å²) in [5.41, 5.74) is 3.12. The molecular formula is C23H45NO. The summed E-state index contributed by atoms with van der Waals surface area (Å²) in [5.74, 6) is 1.68. The predicted octanol–water partition coefficient (Wildman–Crippen LogP) is 6.89. The van der Waals surface area contributed by atoms with Crippen LogP contribution in [0.3, 0.4) is 0 Å². The lowest BCUT2D eigenvalue weighted by Crippen LogP contribution is -2.27. The smallest absolute Gasteiger partial charge is 0.100 e. The summed E-state index contributed by atoms with van der Waals surface area (Å²) in [4.78, 5) is 2.26. The van der Waals surface area contributed by atoms with Crippen LogP contribution in [-0.4, -0.2) is 26.1 Å². The van der Waals surface area contributed by atoms with E-state index in [-0.39, 0.29) is 16.2 Å². The molecule has 0 bridgehead atoms. The van der Waals surface area contributed by atoms with Gasteiger partial charge < -0.3 is 9.64 Å². The fourth-order valence-electron chi connectivity index (χ4n) is 3.44. The van der Waals surface area contributed by atoms with Gasteiger partial charge in [-0.2, -0.15) is 0 Å². The van der Waals surface area contributed by atoms with Crippen molar-refractivity contribution in [1.82, 2.24) is 4.90 Å². The molecule has 0 saturated heterocycles. The molecule has 0 radical (unpaired) electrons. The zero-order valence-electron chi connectivity index (χ0n) is 19.4. The van der Waals surface area contributed by atoms with E-state index in [0.29, 0.717) is 5.92 Å². The van der Waals surface area contributed by atoms with Gasteiger partial charge >= 0.3 is 0 Å². The van der Waals surface area contributed by atoms with E-state index in [2.05, 4.69) is 94.3 Å². The molecule has 148 valence electrons. The molecule has 0 aliphatic rings. The van der Waals surface area contributed by atoms with Crippen molar-refractivity contribution < 1.29 is 4.74 Å². The van der Waals surface area contributed by atoms with Crippen LogP contribution in [0.15, 0.2) is 23.1 Å². The normalized spacial score (nSPS) is 15.4. The highest BCUT2D eigenvalue weighted by molar-refractivity contribution is 5.17. The van der Waals surface area contributed by atoms with Gasteiger partial charge in [-0.3, -0.25) is 0 Å². The van der Waals surface area contributed by atoms with Crippen LogP contribution in [-0.2, 0) is 4.74 Å². The Morgan fingerprint density at radius 1 is 0.960 bits per heavy atom. The Morgan fingerprint density at radius 2 is 1.44 bits per heavy atom. The number of methoxy groups -OCH3 is 1. The molecule has 0 fully saturated rings. The topological polar surface area (TPSA) is 12.5 Å². The quantitative estimate of drug-likeness (QED) is 0.442. The van der Waals surface area contributed by atoms with Gasteiger partial charge in [-0.25, -0.2) is 0 Å². The van der Waals surface area contributed by atoms with E-state index in [0.717, 1.165) is 18.6 Å². The van der Waals surface area contributed by atoms with Crippen LogP contribution in [0.1, 0.15) is 82.1 Å². The van der Waals surface area contributed by atoms with Gasteiger partial charge in [-0.15, -0.1) is 0 Å². The van der Waals surface area contributed by atoms with Crippen molar-refractivity contribution in [2.75, 3.05) is 21.2 Å². The van der Waals surface area contributed by atoms with Crippen LogP contribution in [0.5, 0.6) is 0 Å². The molecule has 0 atom stereocenters. The Labute approximate surface area is 158 Å². The molecule has 0 aromatic rings. The standard InChI is InChI=1S/C23H45NO/c1-17(2)18(3)20(25-13)23(9,10)15-14-22(7,8)16-19(24(11)12)21(4,5)6/h16-17H,14-15H2,1-13H3/b19-16+,20-18+. The van der Waals surface area contributed by atoms with Gasteiger partial charge in [0.15, 0.2) is 0 Å². The number of ether oxygens (including phenoxy) is 1. The monoisotopic (exact) mass is 351 g/mol. The molecule has 25 heavy (non-hydrogen) atoms. The van der Waals surface area contributed by atoms with Crippen LogP contribution in [0.2, 0.25) is 0 Å². The molecule has 0 heterocycles. The Hall–Kier alpha value is -0.920. The minimum Gasteiger partial charge on any atom is -0.501 e. The highest BCUT2D eigenvalue weighted by Gasteiger charge is 2.31. The van der Waals surface area contributed by atoms with E-state index in [1.807, 2.05) is 7.11 Å². The molecule has 0 amide bonds. The van der Waals surface area contributed by atoms with Crippen molar-refractivity contribution in [3.8, 4) is 0 Å². The minimum atomic E-state index is 0.0498. The third-order valence-electron chi connectivity index (χ3n) is 5.22. The molecule has 0 N–H and O–H groups in total. The average Bonchev–Trinajstić information content (AvgIpc) is 2.42. The van der Waals surface area contributed by atoms with Gasteiger partial charge in [0.2, 0.25) is 0 Å². The molecule has 0 aliphatic heterocycles. The summed E-state index contributed by atoms with van der Waals surface area (Å²) in [6.07, 6.45) is 4.70. The van der Waals surface area contributed by atoms with E-state index >= 15 is 0 Å². The summed E-state index contributed by atoms with van der Waals surface area (Å²) >= 11 is 0. The number of nitrogens with zero attached hydrogens (tertiary/aromatic N) is 1. The maximum atomic E-state index is 5.83. The lowest BCUT2D eigenvalue weighted by Gasteiger charge is -2.36. The van der Waals surface area contributed by atoms with Gasteiger partial charge in [0.05, 0.1) is 7.11 Å². The third-order valence-corrected chi connectivity index (χ3v) is 5.22. The molecule has 0 aromatic heterocycles. The van der Waals surface area contributed by atoms with Crippen LogP contribution in [0, 0.1) is 22.2 Å². The van der Waals surface area contributed by atoms with Crippen LogP contribution >= 0.6 is 0 Å². The van der Waals surface area contributed by atoms with E-state index < -0.39 is 0 Å². The second-order valence-electron chi connectivity index (χ2n) is 10.4. The summed E-state index contributed by atoms with van der Waals surface area (Å²) in [5, 5.41) is 0. The molecular weight excluding hydrogens is 306 g/mol. The molecule has 0 aromatic carbocycles. The Bertz CT molecular complexity index is 485. The van der Waals surface area contributed by atoms with Crippen molar-refractivity contribution in [3.05, 3.63) is 23.1 Å². The fraction of sp³-hybridized carbons (Fsp3) is 0.826. The second-order valence-corrected chi connectivity index (χ2v) is 10.4. The van der Waals surface area contributed by atoms with Crippen molar-refractivity contribution in [3.63, 3.8) is 0 Å². The van der Waals surface area contributed by atoms with E-state index in [1.165, 1.54) is 11.3 Å². The number of hydrogen-bond acceptors (Lipinski definition) is 2. The molecule has 0 spiro atoms. The molecule has 0 rings (SSSR count). The second kappa shape index (κ2) is 8.64. The van der Waals surface area contributed by atoms with Crippen LogP contribution in [0.4, 0.5) is 0 Å². The Balaban J connectivity index is 5.48.